The maximum absolute atomic E-state index is 12.0. The molecule has 2 aromatic heterocycles. The van der Waals surface area contributed by atoms with Crippen LogP contribution in [0, 0.1) is 6.92 Å². The molecule has 1 N–H and O–H groups in total. The summed E-state index contributed by atoms with van der Waals surface area (Å²) in [6, 6.07) is 3.77. The summed E-state index contributed by atoms with van der Waals surface area (Å²) in [5.41, 5.74) is 1.64. The third-order valence-corrected chi connectivity index (χ3v) is 3.81. The van der Waals surface area contributed by atoms with E-state index in [1.807, 2.05) is 26.0 Å². The van der Waals surface area contributed by atoms with Crippen LogP contribution >= 0.6 is 22.9 Å². The van der Waals surface area contributed by atoms with Crippen molar-refractivity contribution in [3.8, 4) is 10.6 Å². The number of halogens is 1. The number of aryl methyl sites for hydroxylation is 1. The third kappa shape index (κ3) is 3.52. The first-order valence-corrected chi connectivity index (χ1v) is 7.13. The molecule has 2 aromatic rings. The lowest BCUT2D eigenvalue weighted by Crippen LogP contribution is -2.28. The number of carbonyl (C=O) groups excluding carboxylic acids is 1. The quantitative estimate of drug-likeness (QED) is 0.883. The van der Waals surface area contributed by atoms with E-state index in [0.717, 1.165) is 16.3 Å². The molecule has 100 valence electrons. The predicted octanol–water partition coefficient (Wildman–Crippen LogP) is 2.87. The average molecular weight is 296 g/mol. The minimum Gasteiger partial charge on any atom is -0.350 e. The molecule has 6 heteroatoms. The number of hydrogen-bond acceptors (Lipinski definition) is 4. The summed E-state index contributed by atoms with van der Waals surface area (Å²) in [6.45, 7) is 4.11. The zero-order valence-electron chi connectivity index (χ0n) is 10.7. The topological polar surface area (TPSA) is 54.9 Å². The van der Waals surface area contributed by atoms with Crippen molar-refractivity contribution in [1.29, 1.82) is 0 Å². The molecule has 0 radical (unpaired) electrons. The highest BCUT2D eigenvalue weighted by molar-refractivity contribution is 7.17. The van der Waals surface area contributed by atoms with Crippen LogP contribution in [0.25, 0.3) is 10.6 Å². The van der Waals surface area contributed by atoms with Crippen molar-refractivity contribution < 1.29 is 4.79 Å². The van der Waals surface area contributed by atoms with Crippen molar-refractivity contribution in [1.82, 2.24) is 15.3 Å². The number of carbonyl (C=O) groups is 1. The maximum Gasteiger partial charge on any atom is 0.263 e. The summed E-state index contributed by atoms with van der Waals surface area (Å²) in [5, 5.41) is 3.50. The summed E-state index contributed by atoms with van der Waals surface area (Å²) < 4.78 is 0. The summed E-state index contributed by atoms with van der Waals surface area (Å²) >= 11 is 7.18. The number of aromatic nitrogens is 2. The van der Waals surface area contributed by atoms with Gasteiger partial charge in [0.1, 0.15) is 9.88 Å². The van der Waals surface area contributed by atoms with Crippen molar-refractivity contribution in [2.24, 2.45) is 0 Å². The molecule has 2 rings (SSSR count). The number of hydrogen-bond donors (Lipinski definition) is 1. The monoisotopic (exact) mass is 295 g/mol. The van der Waals surface area contributed by atoms with E-state index in [9.17, 15) is 4.79 Å². The fraction of sp³-hybridized carbons (Fsp3) is 0.308. The lowest BCUT2D eigenvalue weighted by molar-refractivity contribution is 0.0957. The van der Waals surface area contributed by atoms with Crippen molar-refractivity contribution in [2.75, 3.05) is 6.54 Å². The van der Waals surface area contributed by atoms with E-state index in [2.05, 4.69) is 15.3 Å². The molecule has 1 amide bonds. The minimum absolute atomic E-state index is 0.0880. The zero-order chi connectivity index (χ0) is 13.8. The second-order valence-corrected chi connectivity index (χ2v) is 5.91. The van der Waals surface area contributed by atoms with Crippen LogP contribution in [-0.4, -0.2) is 27.8 Å². The molecule has 1 unspecified atom stereocenters. The molecule has 19 heavy (non-hydrogen) atoms. The Morgan fingerprint density at radius 3 is 3.00 bits per heavy atom. The summed E-state index contributed by atoms with van der Waals surface area (Å²) in [7, 11) is 0. The Labute approximate surface area is 120 Å². The number of nitrogens with one attached hydrogen (secondary N) is 1. The molecule has 0 aliphatic heterocycles. The first kappa shape index (κ1) is 14.0. The van der Waals surface area contributed by atoms with Gasteiger partial charge in [0.05, 0.1) is 5.69 Å². The van der Waals surface area contributed by atoms with Gasteiger partial charge in [-0.05, 0) is 26.0 Å². The first-order chi connectivity index (χ1) is 9.08. The van der Waals surface area contributed by atoms with Gasteiger partial charge in [0, 0.05) is 29.9 Å². The fourth-order valence-electron chi connectivity index (χ4n) is 1.53. The molecule has 0 aliphatic carbocycles. The molecule has 4 nitrogen and oxygen atoms in total. The molecule has 1 atom stereocenters. The molecule has 0 aliphatic rings. The maximum atomic E-state index is 12.0. The van der Waals surface area contributed by atoms with Gasteiger partial charge >= 0.3 is 0 Å². The molecule has 0 spiro atoms. The summed E-state index contributed by atoms with van der Waals surface area (Å²) in [6.07, 6.45) is 3.44. The van der Waals surface area contributed by atoms with Gasteiger partial charge in [-0.15, -0.1) is 22.9 Å². The van der Waals surface area contributed by atoms with Crippen LogP contribution in [-0.2, 0) is 0 Å². The zero-order valence-corrected chi connectivity index (χ0v) is 12.3. The predicted molar refractivity (Wildman–Crippen MR) is 77.7 cm³/mol. The van der Waals surface area contributed by atoms with Crippen molar-refractivity contribution in [2.45, 2.75) is 19.2 Å². The summed E-state index contributed by atoms with van der Waals surface area (Å²) in [5.74, 6) is -0.127. The average Bonchev–Trinajstić information content (AvgIpc) is 2.79. The van der Waals surface area contributed by atoms with E-state index >= 15 is 0 Å². The van der Waals surface area contributed by atoms with Crippen LogP contribution in [0.3, 0.4) is 0 Å². The third-order valence-electron chi connectivity index (χ3n) is 2.46. The van der Waals surface area contributed by atoms with Crippen LogP contribution in [0.15, 0.2) is 24.5 Å². The van der Waals surface area contributed by atoms with Crippen LogP contribution < -0.4 is 5.32 Å². The fourth-order valence-corrected chi connectivity index (χ4v) is 2.58. The number of pyridine rings is 1. The molecular formula is C13H14ClN3OS. The Balaban J connectivity index is 2.20. The van der Waals surface area contributed by atoms with Crippen molar-refractivity contribution >= 4 is 28.8 Å². The van der Waals surface area contributed by atoms with Gasteiger partial charge in [0.25, 0.3) is 5.91 Å². The number of thiazole rings is 1. The van der Waals surface area contributed by atoms with Crippen molar-refractivity contribution in [3.05, 3.63) is 35.1 Å². The van der Waals surface area contributed by atoms with Crippen LogP contribution in [0.4, 0.5) is 0 Å². The molecule has 0 aromatic carbocycles. The smallest absolute Gasteiger partial charge is 0.263 e. The Hall–Kier alpha value is -1.46. The number of nitrogens with zero attached hydrogens (tertiary/aromatic N) is 2. The van der Waals surface area contributed by atoms with Crippen LogP contribution in [0.5, 0.6) is 0 Å². The largest absolute Gasteiger partial charge is 0.350 e. The van der Waals surface area contributed by atoms with E-state index in [-0.39, 0.29) is 11.3 Å². The van der Waals surface area contributed by atoms with Crippen molar-refractivity contribution in [3.63, 3.8) is 0 Å². The Kier molecular flexibility index (Phi) is 4.50. The molecular weight excluding hydrogens is 282 g/mol. The number of alkyl halides is 1. The molecule has 0 saturated heterocycles. The van der Waals surface area contributed by atoms with Gasteiger partial charge < -0.3 is 5.32 Å². The SMILES string of the molecule is Cc1nc(-c2cccnc2)sc1C(=O)NCC(C)Cl. The van der Waals surface area contributed by atoms with Crippen LogP contribution in [0.1, 0.15) is 22.3 Å². The van der Waals surface area contributed by atoms with E-state index in [4.69, 9.17) is 11.6 Å². The second kappa shape index (κ2) is 6.12. The standard InChI is InChI=1S/C13H14ClN3OS/c1-8(14)6-16-12(18)11-9(2)17-13(19-11)10-4-3-5-15-7-10/h3-5,7-8H,6H2,1-2H3,(H,16,18). The van der Waals surface area contributed by atoms with E-state index in [1.165, 1.54) is 11.3 Å². The highest BCUT2D eigenvalue weighted by Crippen LogP contribution is 2.27. The molecule has 0 fully saturated rings. The Morgan fingerprint density at radius 1 is 1.58 bits per heavy atom. The highest BCUT2D eigenvalue weighted by atomic mass is 35.5. The lowest BCUT2D eigenvalue weighted by atomic mass is 10.3. The lowest BCUT2D eigenvalue weighted by Gasteiger charge is -2.04. The van der Waals surface area contributed by atoms with Crippen LogP contribution in [0.2, 0.25) is 0 Å². The number of rotatable bonds is 4. The number of amides is 1. The minimum atomic E-state index is -0.127. The van der Waals surface area contributed by atoms with Gasteiger partial charge in [-0.1, -0.05) is 0 Å². The first-order valence-electron chi connectivity index (χ1n) is 5.88. The van der Waals surface area contributed by atoms with E-state index < -0.39 is 0 Å². The molecule has 0 saturated carbocycles. The van der Waals surface area contributed by atoms with E-state index in [1.54, 1.807) is 12.4 Å². The Morgan fingerprint density at radius 2 is 2.37 bits per heavy atom. The van der Waals surface area contributed by atoms with Gasteiger partial charge in [0.2, 0.25) is 0 Å². The van der Waals surface area contributed by atoms with Gasteiger partial charge in [-0.25, -0.2) is 4.98 Å². The molecule has 2 heterocycles. The van der Waals surface area contributed by atoms with E-state index in [0.29, 0.717) is 11.4 Å². The van der Waals surface area contributed by atoms with Gasteiger partial charge in [0.15, 0.2) is 0 Å². The normalized spacial score (nSPS) is 12.2. The van der Waals surface area contributed by atoms with Gasteiger partial charge in [-0.3, -0.25) is 9.78 Å². The second-order valence-electron chi connectivity index (χ2n) is 4.17. The molecule has 0 bridgehead atoms. The Bertz CT molecular complexity index is 569. The van der Waals surface area contributed by atoms with Gasteiger partial charge in [-0.2, -0.15) is 0 Å². The summed E-state index contributed by atoms with van der Waals surface area (Å²) in [4.78, 5) is 21.1. The highest BCUT2D eigenvalue weighted by Gasteiger charge is 2.16.